The molecule has 9 nitrogen and oxygen atoms in total. The Hall–Kier alpha value is -4.13. The second-order valence-corrected chi connectivity index (χ2v) is 9.14. The van der Waals surface area contributed by atoms with Gasteiger partial charge in [0, 0.05) is 35.9 Å². The number of carbonyl (C=O) groups is 1. The van der Waals surface area contributed by atoms with Crippen molar-refractivity contribution in [2.75, 3.05) is 10.6 Å². The molecule has 0 saturated carbocycles. The number of nitrogens with zero attached hydrogens (tertiary/aromatic N) is 3. The molecule has 0 unspecified atom stereocenters. The molecule has 0 atom stereocenters. The Morgan fingerprint density at radius 2 is 1.77 bits per heavy atom. The highest BCUT2D eigenvalue weighted by molar-refractivity contribution is 7.90. The molecule has 182 valence electrons. The molecular weight excluding hydrogens is 487 g/mol. The maximum Gasteiger partial charge on any atom is 0.573 e. The van der Waals surface area contributed by atoms with Gasteiger partial charge in [0.25, 0.3) is 10.0 Å². The summed E-state index contributed by atoms with van der Waals surface area (Å²) in [6.07, 6.45) is -3.68. The van der Waals surface area contributed by atoms with Gasteiger partial charge in [0.05, 0.1) is 11.2 Å². The van der Waals surface area contributed by atoms with Crippen LogP contribution in [0, 0.1) is 6.92 Å². The number of alkyl halides is 3. The Morgan fingerprint density at radius 3 is 2.49 bits per heavy atom. The fraction of sp³-hybridized carbons (Fsp3) is 0.136. The molecule has 0 saturated heterocycles. The van der Waals surface area contributed by atoms with E-state index >= 15 is 0 Å². The van der Waals surface area contributed by atoms with Gasteiger partial charge in [-0.2, -0.15) is 17.6 Å². The molecule has 13 heteroatoms. The summed E-state index contributed by atoms with van der Waals surface area (Å²) >= 11 is 0. The summed E-state index contributed by atoms with van der Waals surface area (Å²) < 4.78 is 69.8. The highest BCUT2D eigenvalue weighted by atomic mass is 32.2. The number of halogens is 3. The molecule has 1 amide bonds. The lowest BCUT2D eigenvalue weighted by molar-refractivity contribution is -0.275. The Kier molecular flexibility index (Phi) is 6.11. The van der Waals surface area contributed by atoms with Crippen molar-refractivity contribution in [3.05, 3.63) is 66.5 Å². The Labute approximate surface area is 197 Å². The first kappa shape index (κ1) is 24.0. The number of carbonyl (C=O) groups excluding carboxylic acids is 1. The predicted octanol–water partition coefficient (Wildman–Crippen LogP) is 4.58. The van der Waals surface area contributed by atoms with E-state index in [1.54, 1.807) is 31.2 Å². The number of hydrogen-bond acceptors (Lipinski definition) is 7. The summed E-state index contributed by atoms with van der Waals surface area (Å²) in [6.45, 7) is 2.93. The Balaban J connectivity index is 1.77. The van der Waals surface area contributed by atoms with Crippen LogP contribution in [0.15, 0.2) is 65.7 Å². The zero-order valence-corrected chi connectivity index (χ0v) is 19.1. The molecule has 2 N–H and O–H groups in total. The van der Waals surface area contributed by atoms with E-state index in [-0.39, 0.29) is 17.2 Å². The molecule has 2 heterocycles. The van der Waals surface area contributed by atoms with E-state index in [9.17, 15) is 26.4 Å². The molecule has 0 aliphatic carbocycles. The minimum atomic E-state index is -5.08. The first-order chi connectivity index (χ1) is 16.4. The van der Waals surface area contributed by atoms with Gasteiger partial charge in [-0.15, -0.1) is 13.2 Å². The van der Waals surface area contributed by atoms with E-state index in [0.29, 0.717) is 26.5 Å². The van der Waals surface area contributed by atoms with Crippen LogP contribution in [0.4, 0.5) is 30.4 Å². The maximum absolute atomic E-state index is 13.4. The summed E-state index contributed by atoms with van der Waals surface area (Å²) in [7, 11) is -4.58. The molecule has 4 aromatic rings. The molecule has 0 spiro atoms. The summed E-state index contributed by atoms with van der Waals surface area (Å²) in [6, 6.07) is 12.6. The van der Waals surface area contributed by atoms with Gasteiger partial charge in [-0.3, -0.25) is 4.79 Å². The third kappa shape index (κ3) is 5.19. The first-order valence-electron chi connectivity index (χ1n) is 10.0. The van der Waals surface area contributed by atoms with Gasteiger partial charge in [0.15, 0.2) is 0 Å². The average molecular weight is 505 g/mol. The third-order valence-electron chi connectivity index (χ3n) is 4.75. The van der Waals surface area contributed by atoms with E-state index in [4.69, 9.17) is 0 Å². The zero-order valence-electron chi connectivity index (χ0n) is 18.3. The largest absolute Gasteiger partial charge is 0.573 e. The number of rotatable bonds is 6. The fourth-order valence-electron chi connectivity index (χ4n) is 3.37. The number of ether oxygens (including phenoxy) is 1. The molecule has 4 rings (SSSR count). The first-order valence-corrected chi connectivity index (χ1v) is 11.5. The molecule has 35 heavy (non-hydrogen) atoms. The monoisotopic (exact) mass is 505 g/mol. The number of anilines is 3. The van der Waals surface area contributed by atoms with E-state index in [1.807, 2.05) is 0 Å². The number of aromatic nitrogens is 3. The lowest BCUT2D eigenvalue weighted by Crippen LogP contribution is -2.21. The maximum atomic E-state index is 13.4. The van der Waals surface area contributed by atoms with Crippen LogP contribution < -0.4 is 15.4 Å². The second-order valence-electron chi connectivity index (χ2n) is 7.40. The van der Waals surface area contributed by atoms with E-state index in [2.05, 4.69) is 25.5 Å². The van der Waals surface area contributed by atoms with Gasteiger partial charge in [0.2, 0.25) is 5.91 Å². The SMILES string of the molecule is CC(=O)Nc1cccc(Nc2cc3c(cn2)c(C)nn3S(=O)(=O)c2ccccc2OC(F)(F)F)c1. The minimum absolute atomic E-state index is 0.0971. The molecular formula is C22H18F3N5O4S. The number of fused-ring (bicyclic) bond motifs is 1. The lowest BCUT2D eigenvalue weighted by Gasteiger charge is -2.14. The van der Waals surface area contributed by atoms with Crippen molar-refractivity contribution < 1.29 is 31.1 Å². The smallest absolute Gasteiger partial charge is 0.404 e. The standard InChI is InChI=1S/C22H18F3N5O4S/c1-13-17-12-26-21(28-16-7-5-6-15(10-16)27-14(2)31)11-18(17)30(29-13)35(32,33)20-9-4-3-8-19(20)34-22(23,24)25/h3-12H,1-2H3,(H,26,28)(H,27,31). The number of hydrogen-bond donors (Lipinski definition) is 2. The number of aryl methyl sites for hydroxylation is 1. The van der Waals surface area contributed by atoms with Gasteiger partial charge in [-0.05, 0) is 37.3 Å². The van der Waals surface area contributed by atoms with Crippen LogP contribution in [0.1, 0.15) is 12.6 Å². The molecule has 0 bridgehead atoms. The molecule has 0 aliphatic rings. The molecule has 2 aromatic heterocycles. The fourth-order valence-corrected chi connectivity index (χ4v) is 4.81. The molecule has 0 aliphatic heterocycles. The number of amides is 1. The van der Waals surface area contributed by atoms with Crippen molar-refractivity contribution in [3.8, 4) is 5.75 Å². The Morgan fingerprint density at radius 1 is 1.06 bits per heavy atom. The number of pyridine rings is 1. The highest BCUT2D eigenvalue weighted by Crippen LogP contribution is 2.33. The van der Waals surface area contributed by atoms with E-state index in [0.717, 1.165) is 12.1 Å². The van der Waals surface area contributed by atoms with Crippen molar-refractivity contribution >= 4 is 44.0 Å². The van der Waals surface area contributed by atoms with Gasteiger partial charge in [-0.25, -0.2) is 4.98 Å². The second kappa shape index (κ2) is 8.91. The average Bonchev–Trinajstić information content (AvgIpc) is 3.09. The normalized spacial score (nSPS) is 11.9. The summed E-state index contributed by atoms with van der Waals surface area (Å²) in [5.74, 6) is -0.877. The quantitative estimate of drug-likeness (QED) is 0.394. The van der Waals surface area contributed by atoms with Crippen LogP contribution in [-0.2, 0) is 14.8 Å². The van der Waals surface area contributed by atoms with Crippen molar-refractivity contribution in [2.24, 2.45) is 0 Å². The zero-order chi connectivity index (χ0) is 25.4. The van der Waals surface area contributed by atoms with Crippen molar-refractivity contribution in [1.82, 2.24) is 14.2 Å². The van der Waals surface area contributed by atoms with Gasteiger partial charge >= 0.3 is 6.36 Å². The number of nitrogens with one attached hydrogen (secondary N) is 2. The van der Waals surface area contributed by atoms with Crippen LogP contribution in [0.3, 0.4) is 0 Å². The van der Waals surface area contributed by atoms with Crippen LogP contribution in [-0.4, -0.2) is 34.9 Å². The summed E-state index contributed by atoms with van der Waals surface area (Å²) in [5.41, 5.74) is 1.50. The highest BCUT2D eigenvalue weighted by Gasteiger charge is 2.35. The number of benzene rings is 2. The summed E-state index contributed by atoms with van der Waals surface area (Å²) in [5, 5.41) is 10.1. The summed E-state index contributed by atoms with van der Waals surface area (Å²) in [4.78, 5) is 14.9. The van der Waals surface area contributed by atoms with Gasteiger partial charge in [-0.1, -0.05) is 18.2 Å². The van der Waals surface area contributed by atoms with Gasteiger partial charge < -0.3 is 15.4 Å². The molecule has 0 fully saturated rings. The van der Waals surface area contributed by atoms with Gasteiger partial charge in [0.1, 0.15) is 16.5 Å². The van der Waals surface area contributed by atoms with E-state index in [1.165, 1.54) is 31.3 Å². The number of para-hydroxylation sites is 1. The minimum Gasteiger partial charge on any atom is -0.404 e. The Bertz CT molecular complexity index is 1530. The topological polar surface area (TPSA) is 115 Å². The van der Waals surface area contributed by atoms with Crippen molar-refractivity contribution in [3.63, 3.8) is 0 Å². The van der Waals surface area contributed by atoms with Crippen molar-refractivity contribution in [1.29, 1.82) is 0 Å². The van der Waals surface area contributed by atoms with Crippen LogP contribution in [0.25, 0.3) is 10.9 Å². The third-order valence-corrected chi connectivity index (χ3v) is 6.38. The van der Waals surface area contributed by atoms with Crippen LogP contribution in [0.2, 0.25) is 0 Å². The lowest BCUT2D eigenvalue weighted by atomic mass is 10.2. The van der Waals surface area contributed by atoms with Crippen LogP contribution in [0.5, 0.6) is 5.75 Å². The molecule has 2 aromatic carbocycles. The van der Waals surface area contributed by atoms with E-state index < -0.39 is 27.0 Å². The van der Waals surface area contributed by atoms with Crippen LogP contribution >= 0.6 is 0 Å². The molecule has 0 radical (unpaired) electrons. The predicted molar refractivity (Wildman–Crippen MR) is 122 cm³/mol. The van der Waals surface area contributed by atoms with Crippen molar-refractivity contribution in [2.45, 2.75) is 25.1 Å².